The Kier molecular flexibility index (Phi) is 8.75. The van der Waals surface area contributed by atoms with Crippen molar-refractivity contribution in [3.05, 3.63) is 57.8 Å². The molecule has 2 aromatic rings. The van der Waals surface area contributed by atoms with E-state index in [0.717, 1.165) is 4.90 Å². The number of rotatable bonds is 9. The maximum atomic E-state index is 13.9. The lowest BCUT2D eigenvalue weighted by molar-refractivity contribution is -0.270. The maximum Gasteiger partial charge on any atom is 0.379 e. The molecule has 0 aliphatic rings. The van der Waals surface area contributed by atoms with Crippen molar-refractivity contribution in [1.29, 1.82) is 0 Å². The van der Waals surface area contributed by atoms with Crippen LogP contribution < -0.4 is 10.1 Å². The smallest absolute Gasteiger partial charge is 0.379 e. The van der Waals surface area contributed by atoms with Crippen LogP contribution in [0.5, 0.6) is 5.75 Å². The summed E-state index contributed by atoms with van der Waals surface area (Å²) in [6, 6.07) is 9.59. The van der Waals surface area contributed by atoms with Crippen LogP contribution in [0, 0.1) is 5.82 Å². The monoisotopic (exact) mass is 471 g/mol. The third-order valence-electron chi connectivity index (χ3n) is 3.50. The molecular weight excluding hydrogens is 453 g/mol. The van der Waals surface area contributed by atoms with Crippen molar-refractivity contribution >= 4 is 39.6 Å². The number of ether oxygens (including phenoxy) is 1. The van der Waals surface area contributed by atoms with Gasteiger partial charge in [-0.2, -0.15) is 4.89 Å². The van der Waals surface area contributed by atoms with Gasteiger partial charge in [0.25, 0.3) is 5.91 Å². The first kappa shape index (κ1) is 22.2. The SMILES string of the molecule is CCOOC(=O)COc1cc(SC)ccc1C(=O)NCc1ccc(Br)cc1F. The number of hydrogen-bond donors (Lipinski definition) is 1. The first-order valence-electron chi connectivity index (χ1n) is 8.29. The summed E-state index contributed by atoms with van der Waals surface area (Å²) in [4.78, 5) is 34.0. The predicted octanol–water partition coefficient (Wildman–Crippen LogP) is 4.11. The van der Waals surface area contributed by atoms with Crippen molar-refractivity contribution < 1.29 is 28.5 Å². The number of amides is 1. The van der Waals surface area contributed by atoms with Gasteiger partial charge in [-0.1, -0.05) is 22.0 Å². The van der Waals surface area contributed by atoms with Crippen LogP contribution in [-0.2, 0) is 21.1 Å². The fourth-order valence-electron chi connectivity index (χ4n) is 2.16. The Labute approximate surface area is 174 Å². The van der Waals surface area contributed by atoms with Gasteiger partial charge in [0.1, 0.15) is 11.6 Å². The van der Waals surface area contributed by atoms with Crippen molar-refractivity contribution in [2.75, 3.05) is 19.5 Å². The molecule has 0 unspecified atom stereocenters. The Morgan fingerprint density at radius 3 is 2.68 bits per heavy atom. The van der Waals surface area contributed by atoms with E-state index in [0.29, 0.717) is 10.0 Å². The van der Waals surface area contributed by atoms with Gasteiger partial charge in [0.2, 0.25) is 0 Å². The molecule has 0 heterocycles. The van der Waals surface area contributed by atoms with Crippen molar-refractivity contribution in [1.82, 2.24) is 5.32 Å². The van der Waals surface area contributed by atoms with E-state index in [9.17, 15) is 14.0 Å². The van der Waals surface area contributed by atoms with Gasteiger partial charge in [-0.3, -0.25) is 9.68 Å². The molecule has 0 saturated heterocycles. The largest absolute Gasteiger partial charge is 0.481 e. The first-order chi connectivity index (χ1) is 13.4. The molecule has 1 amide bonds. The van der Waals surface area contributed by atoms with Crippen LogP contribution in [0.25, 0.3) is 0 Å². The van der Waals surface area contributed by atoms with E-state index in [1.54, 1.807) is 37.3 Å². The second-order valence-corrected chi connectivity index (χ2v) is 7.23. The summed E-state index contributed by atoms with van der Waals surface area (Å²) in [6.07, 6.45) is 1.87. The van der Waals surface area contributed by atoms with E-state index in [1.807, 2.05) is 6.26 Å². The average Bonchev–Trinajstić information content (AvgIpc) is 2.69. The Morgan fingerprint density at radius 1 is 1.21 bits per heavy atom. The minimum Gasteiger partial charge on any atom is -0.481 e. The van der Waals surface area contributed by atoms with Crippen LogP contribution in [0.2, 0.25) is 0 Å². The van der Waals surface area contributed by atoms with Gasteiger partial charge < -0.3 is 10.1 Å². The van der Waals surface area contributed by atoms with E-state index in [2.05, 4.69) is 31.0 Å². The van der Waals surface area contributed by atoms with Crippen LogP contribution in [0.15, 0.2) is 45.8 Å². The Bertz CT molecular complexity index is 849. The van der Waals surface area contributed by atoms with Crippen LogP contribution in [0.1, 0.15) is 22.8 Å². The van der Waals surface area contributed by atoms with E-state index in [1.165, 1.54) is 17.8 Å². The van der Waals surface area contributed by atoms with Crippen molar-refractivity contribution in [2.45, 2.75) is 18.4 Å². The van der Waals surface area contributed by atoms with Crippen LogP contribution >= 0.6 is 27.7 Å². The zero-order valence-corrected chi connectivity index (χ0v) is 17.7. The van der Waals surface area contributed by atoms with Crippen molar-refractivity contribution in [3.8, 4) is 5.75 Å². The molecule has 0 atom stereocenters. The summed E-state index contributed by atoms with van der Waals surface area (Å²) in [7, 11) is 0. The Hall–Kier alpha value is -2.10. The highest BCUT2D eigenvalue weighted by Gasteiger charge is 2.16. The first-order valence-corrected chi connectivity index (χ1v) is 10.3. The lowest BCUT2D eigenvalue weighted by Crippen LogP contribution is -2.24. The highest BCUT2D eigenvalue weighted by Crippen LogP contribution is 2.26. The molecule has 0 spiro atoms. The number of benzene rings is 2. The lowest BCUT2D eigenvalue weighted by Gasteiger charge is -2.13. The van der Waals surface area contributed by atoms with Gasteiger partial charge in [-0.05, 0) is 43.5 Å². The van der Waals surface area contributed by atoms with Crippen LogP contribution in [0.4, 0.5) is 4.39 Å². The number of nitrogens with one attached hydrogen (secondary N) is 1. The Morgan fingerprint density at radius 2 is 2.00 bits per heavy atom. The highest BCUT2D eigenvalue weighted by molar-refractivity contribution is 9.10. The molecule has 0 aliphatic carbocycles. The molecule has 0 bridgehead atoms. The molecule has 0 saturated carbocycles. The zero-order valence-electron chi connectivity index (χ0n) is 15.3. The summed E-state index contributed by atoms with van der Waals surface area (Å²) in [6.45, 7) is 1.48. The fraction of sp³-hybridized carbons (Fsp3) is 0.263. The number of halogens is 2. The molecule has 2 aromatic carbocycles. The van der Waals surface area contributed by atoms with E-state index < -0.39 is 24.3 Å². The number of carbonyl (C=O) groups excluding carboxylic acids is 2. The van der Waals surface area contributed by atoms with E-state index >= 15 is 0 Å². The fourth-order valence-corrected chi connectivity index (χ4v) is 2.92. The zero-order chi connectivity index (χ0) is 20.5. The molecule has 28 heavy (non-hydrogen) atoms. The van der Waals surface area contributed by atoms with Gasteiger partial charge in [0, 0.05) is 21.5 Å². The summed E-state index contributed by atoms with van der Waals surface area (Å²) in [5.41, 5.74) is 0.569. The summed E-state index contributed by atoms with van der Waals surface area (Å²) >= 11 is 4.65. The number of hydrogen-bond acceptors (Lipinski definition) is 6. The van der Waals surface area contributed by atoms with Crippen molar-refractivity contribution in [2.24, 2.45) is 0 Å². The molecule has 0 fully saturated rings. The standard InChI is InChI=1S/C19H19BrFNO5S/c1-3-26-27-18(23)11-25-17-9-14(28-2)6-7-15(17)19(24)22-10-12-4-5-13(20)8-16(12)21/h4-9H,3,10-11H2,1-2H3,(H,22,24). The molecule has 1 N–H and O–H groups in total. The molecule has 9 heteroatoms. The summed E-state index contributed by atoms with van der Waals surface area (Å²) < 4.78 is 20.0. The predicted molar refractivity (Wildman–Crippen MR) is 107 cm³/mol. The molecule has 150 valence electrons. The minimum absolute atomic E-state index is 0.00798. The van der Waals surface area contributed by atoms with Gasteiger partial charge in [-0.15, -0.1) is 11.8 Å². The third kappa shape index (κ3) is 6.50. The van der Waals surface area contributed by atoms with Gasteiger partial charge >= 0.3 is 5.97 Å². The molecular formula is C19H19BrFNO5S. The summed E-state index contributed by atoms with van der Waals surface area (Å²) in [5.74, 6) is -1.39. The van der Waals surface area contributed by atoms with Crippen molar-refractivity contribution in [3.63, 3.8) is 0 Å². The van der Waals surface area contributed by atoms with E-state index in [-0.39, 0.29) is 24.5 Å². The molecule has 0 radical (unpaired) electrons. The van der Waals surface area contributed by atoms with Gasteiger partial charge in [0.15, 0.2) is 6.61 Å². The topological polar surface area (TPSA) is 73.9 Å². The van der Waals surface area contributed by atoms with Crippen LogP contribution in [0.3, 0.4) is 0 Å². The Balaban J connectivity index is 2.09. The van der Waals surface area contributed by atoms with E-state index in [4.69, 9.17) is 4.74 Å². The number of thioether (sulfide) groups is 1. The van der Waals surface area contributed by atoms with Gasteiger partial charge in [0.05, 0.1) is 12.2 Å². The molecule has 0 aromatic heterocycles. The molecule has 6 nitrogen and oxygen atoms in total. The highest BCUT2D eigenvalue weighted by atomic mass is 79.9. The molecule has 2 rings (SSSR count). The second kappa shape index (κ2) is 11.0. The summed E-state index contributed by atoms with van der Waals surface area (Å²) in [5, 5.41) is 2.65. The number of carbonyl (C=O) groups is 2. The normalized spacial score (nSPS) is 10.4. The third-order valence-corrected chi connectivity index (χ3v) is 4.72. The van der Waals surface area contributed by atoms with Gasteiger partial charge in [-0.25, -0.2) is 9.18 Å². The molecule has 0 aliphatic heterocycles. The minimum atomic E-state index is -0.723. The second-order valence-electron chi connectivity index (χ2n) is 5.43. The lowest BCUT2D eigenvalue weighted by atomic mass is 10.1. The quantitative estimate of drug-likeness (QED) is 0.337. The maximum absolute atomic E-state index is 13.9. The average molecular weight is 472 g/mol. The van der Waals surface area contributed by atoms with Crippen LogP contribution in [-0.4, -0.2) is 31.3 Å².